The Labute approximate surface area is 116 Å². The Bertz CT molecular complexity index is 605. The highest BCUT2D eigenvalue weighted by molar-refractivity contribution is 6.17. The summed E-state index contributed by atoms with van der Waals surface area (Å²) in [6.45, 7) is 0.316. The maximum absolute atomic E-state index is 13.3. The molecule has 2 rings (SSSR count). The molecule has 0 unspecified atom stereocenters. The molecule has 2 aromatic rings. The van der Waals surface area contributed by atoms with Crippen LogP contribution in [0.5, 0.6) is 5.75 Å². The molecular formula is C15H11ClFNO. The van der Waals surface area contributed by atoms with Crippen molar-refractivity contribution in [2.24, 2.45) is 0 Å². The Morgan fingerprint density at radius 3 is 2.47 bits per heavy atom. The van der Waals surface area contributed by atoms with Crippen molar-refractivity contribution in [2.75, 3.05) is 0 Å². The maximum atomic E-state index is 13.3. The van der Waals surface area contributed by atoms with Crippen LogP contribution in [0.1, 0.15) is 16.7 Å². The number of rotatable bonds is 4. The molecule has 0 fully saturated rings. The zero-order chi connectivity index (χ0) is 13.7. The number of ether oxygens (including phenoxy) is 1. The second-order valence-corrected chi connectivity index (χ2v) is 4.29. The van der Waals surface area contributed by atoms with Gasteiger partial charge in [0.05, 0.1) is 11.6 Å². The molecule has 0 aliphatic carbocycles. The summed E-state index contributed by atoms with van der Waals surface area (Å²) in [6.07, 6.45) is 0. The predicted molar refractivity (Wildman–Crippen MR) is 71.4 cm³/mol. The third-order valence-corrected chi connectivity index (χ3v) is 2.88. The molecule has 0 atom stereocenters. The number of nitrogens with zero attached hydrogens (tertiary/aromatic N) is 1. The minimum Gasteiger partial charge on any atom is -0.489 e. The quantitative estimate of drug-likeness (QED) is 0.790. The summed E-state index contributed by atoms with van der Waals surface area (Å²) in [7, 11) is 0. The van der Waals surface area contributed by atoms with Crippen molar-refractivity contribution < 1.29 is 9.13 Å². The molecular weight excluding hydrogens is 265 g/mol. The van der Waals surface area contributed by atoms with Crippen molar-refractivity contribution in [1.82, 2.24) is 0 Å². The summed E-state index contributed by atoms with van der Waals surface area (Å²) in [6, 6.07) is 13.5. The molecule has 0 aromatic heterocycles. The number of alkyl halides is 1. The lowest BCUT2D eigenvalue weighted by atomic mass is 10.1. The smallest absolute Gasteiger partial charge is 0.127 e. The molecule has 0 spiro atoms. The lowest BCUT2D eigenvalue weighted by Crippen LogP contribution is -1.96. The summed E-state index contributed by atoms with van der Waals surface area (Å²) in [4.78, 5) is 0. The number of nitriles is 1. The van der Waals surface area contributed by atoms with Gasteiger partial charge in [-0.25, -0.2) is 4.39 Å². The Kier molecular flexibility index (Phi) is 4.38. The van der Waals surface area contributed by atoms with Crippen LogP contribution >= 0.6 is 11.6 Å². The van der Waals surface area contributed by atoms with Gasteiger partial charge in [0.25, 0.3) is 0 Å². The summed E-state index contributed by atoms with van der Waals surface area (Å²) < 4.78 is 18.8. The number of benzene rings is 2. The van der Waals surface area contributed by atoms with Gasteiger partial charge in [0.1, 0.15) is 18.2 Å². The first-order valence-electron chi connectivity index (χ1n) is 5.68. The van der Waals surface area contributed by atoms with E-state index in [9.17, 15) is 4.39 Å². The monoisotopic (exact) mass is 275 g/mol. The Balaban J connectivity index is 2.05. The van der Waals surface area contributed by atoms with Gasteiger partial charge in [0.2, 0.25) is 0 Å². The molecule has 0 heterocycles. The SMILES string of the molecule is N#Cc1ccc(COc2cc(F)cc(CCl)c2)cc1. The molecule has 0 radical (unpaired) electrons. The van der Waals surface area contributed by atoms with E-state index in [1.807, 2.05) is 6.07 Å². The molecule has 0 saturated heterocycles. The molecule has 0 saturated carbocycles. The van der Waals surface area contributed by atoms with E-state index >= 15 is 0 Å². The maximum Gasteiger partial charge on any atom is 0.127 e. The largest absolute Gasteiger partial charge is 0.489 e. The Morgan fingerprint density at radius 1 is 1.11 bits per heavy atom. The van der Waals surface area contributed by atoms with Crippen molar-refractivity contribution in [3.05, 3.63) is 65.0 Å². The van der Waals surface area contributed by atoms with E-state index in [4.69, 9.17) is 21.6 Å². The molecule has 0 N–H and O–H groups in total. The van der Waals surface area contributed by atoms with Crippen LogP contribution in [0, 0.1) is 17.1 Å². The van der Waals surface area contributed by atoms with E-state index in [0.717, 1.165) is 5.56 Å². The normalized spacial score (nSPS) is 9.95. The van der Waals surface area contributed by atoms with Gasteiger partial charge >= 0.3 is 0 Å². The minimum atomic E-state index is -0.368. The van der Waals surface area contributed by atoms with Crippen molar-refractivity contribution in [1.29, 1.82) is 5.26 Å². The standard InChI is InChI=1S/C15H11ClFNO/c16-8-13-5-14(17)7-15(6-13)19-10-12-3-1-11(9-18)2-4-12/h1-7H,8,10H2. The first-order valence-corrected chi connectivity index (χ1v) is 6.22. The molecule has 0 amide bonds. The fourth-order valence-electron chi connectivity index (χ4n) is 1.62. The zero-order valence-electron chi connectivity index (χ0n) is 10.1. The van der Waals surface area contributed by atoms with Crippen molar-refractivity contribution >= 4 is 11.6 Å². The highest BCUT2D eigenvalue weighted by Crippen LogP contribution is 2.19. The molecule has 0 aliphatic rings. The van der Waals surface area contributed by atoms with E-state index < -0.39 is 0 Å². The van der Waals surface area contributed by atoms with Crippen LogP contribution < -0.4 is 4.74 Å². The first-order chi connectivity index (χ1) is 9.21. The number of hydrogen-bond donors (Lipinski definition) is 0. The van der Waals surface area contributed by atoms with Crippen LogP contribution in [0.15, 0.2) is 42.5 Å². The van der Waals surface area contributed by atoms with Crippen LogP contribution in [0.3, 0.4) is 0 Å². The average molecular weight is 276 g/mol. The fraction of sp³-hybridized carbons (Fsp3) is 0.133. The van der Waals surface area contributed by atoms with Gasteiger partial charge in [-0.15, -0.1) is 11.6 Å². The fourth-order valence-corrected chi connectivity index (χ4v) is 1.78. The summed E-state index contributed by atoms with van der Waals surface area (Å²) >= 11 is 5.67. The van der Waals surface area contributed by atoms with E-state index in [1.165, 1.54) is 12.1 Å². The molecule has 0 bridgehead atoms. The van der Waals surface area contributed by atoms with Crippen LogP contribution in [0.2, 0.25) is 0 Å². The molecule has 96 valence electrons. The second kappa shape index (κ2) is 6.21. The van der Waals surface area contributed by atoms with Gasteiger partial charge < -0.3 is 4.74 Å². The van der Waals surface area contributed by atoms with Crippen LogP contribution in [0.4, 0.5) is 4.39 Å². The van der Waals surface area contributed by atoms with Gasteiger partial charge in [-0.2, -0.15) is 5.26 Å². The molecule has 4 heteroatoms. The summed E-state index contributed by atoms with van der Waals surface area (Å²) in [5, 5.41) is 8.69. The number of halogens is 2. The minimum absolute atomic E-state index is 0.241. The Hall–Kier alpha value is -2.05. The molecule has 19 heavy (non-hydrogen) atoms. The molecule has 0 aliphatic heterocycles. The van der Waals surface area contributed by atoms with E-state index in [2.05, 4.69) is 0 Å². The lowest BCUT2D eigenvalue weighted by molar-refractivity contribution is 0.304. The van der Waals surface area contributed by atoms with E-state index in [0.29, 0.717) is 23.5 Å². The third-order valence-electron chi connectivity index (χ3n) is 2.57. The predicted octanol–water partition coefficient (Wildman–Crippen LogP) is 4.02. The van der Waals surface area contributed by atoms with Crippen molar-refractivity contribution in [2.45, 2.75) is 12.5 Å². The molecule has 2 nitrogen and oxygen atoms in total. The second-order valence-electron chi connectivity index (χ2n) is 4.03. The average Bonchev–Trinajstić information content (AvgIpc) is 2.45. The van der Waals surface area contributed by atoms with Gasteiger partial charge in [-0.3, -0.25) is 0 Å². The lowest BCUT2D eigenvalue weighted by Gasteiger charge is -2.08. The highest BCUT2D eigenvalue weighted by Gasteiger charge is 2.02. The number of hydrogen-bond acceptors (Lipinski definition) is 2. The van der Waals surface area contributed by atoms with E-state index in [1.54, 1.807) is 30.3 Å². The van der Waals surface area contributed by atoms with Gasteiger partial charge in [0, 0.05) is 11.9 Å². The van der Waals surface area contributed by atoms with Gasteiger partial charge in [-0.05, 0) is 35.4 Å². The van der Waals surface area contributed by atoms with Crippen LogP contribution in [-0.2, 0) is 12.5 Å². The summed E-state index contributed by atoms with van der Waals surface area (Å²) in [5.74, 6) is 0.318. The van der Waals surface area contributed by atoms with Gasteiger partial charge in [-0.1, -0.05) is 12.1 Å². The molecule has 2 aromatic carbocycles. The van der Waals surface area contributed by atoms with Crippen molar-refractivity contribution in [3.8, 4) is 11.8 Å². The Morgan fingerprint density at radius 2 is 1.84 bits per heavy atom. The van der Waals surface area contributed by atoms with Crippen molar-refractivity contribution in [3.63, 3.8) is 0 Å². The first kappa shape index (κ1) is 13.4. The van der Waals surface area contributed by atoms with Crippen LogP contribution in [0.25, 0.3) is 0 Å². The zero-order valence-corrected chi connectivity index (χ0v) is 10.8. The topological polar surface area (TPSA) is 33.0 Å². The van der Waals surface area contributed by atoms with E-state index in [-0.39, 0.29) is 11.7 Å². The van der Waals surface area contributed by atoms with Crippen LogP contribution in [-0.4, -0.2) is 0 Å². The third kappa shape index (κ3) is 3.70. The van der Waals surface area contributed by atoms with Gasteiger partial charge in [0.15, 0.2) is 0 Å². The highest BCUT2D eigenvalue weighted by atomic mass is 35.5. The summed E-state index contributed by atoms with van der Waals surface area (Å²) in [5.41, 5.74) is 2.19.